The van der Waals surface area contributed by atoms with E-state index in [0.717, 1.165) is 6.54 Å². The van der Waals surface area contributed by atoms with Crippen molar-refractivity contribution in [3.63, 3.8) is 0 Å². The van der Waals surface area contributed by atoms with Gasteiger partial charge in [-0.3, -0.25) is 0 Å². The van der Waals surface area contributed by atoms with E-state index in [1.807, 2.05) is 0 Å². The lowest BCUT2D eigenvalue weighted by Crippen LogP contribution is -2.34. The van der Waals surface area contributed by atoms with Crippen LogP contribution in [0.2, 0.25) is 0 Å². The van der Waals surface area contributed by atoms with Crippen LogP contribution in [0.5, 0.6) is 0 Å². The molecular formula is C26H40N+. The molecule has 27 heavy (non-hydrogen) atoms. The lowest BCUT2D eigenvalue weighted by molar-refractivity contribution is -0.697. The van der Waals surface area contributed by atoms with Gasteiger partial charge in [0, 0.05) is 18.1 Å². The van der Waals surface area contributed by atoms with Gasteiger partial charge in [0.1, 0.15) is 6.54 Å². The van der Waals surface area contributed by atoms with E-state index < -0.39 is 0 Å². The van der Waals surface area contributed by atoms with E-state index in [4.69, 9.17) is 0 Å². The molecule has 0 fully saturated rings. The van der Waals surface area contributed by atoms with Gasteiger partial charge in [0.15, 0.2) is 12.4 Å². The SMILES string of the molecule is CCCCCCc1cc[n+](CCCc2ccccc2)cc1CCCCCC. The third kappa shape index (κ3) is 8.73. The Morgan fingerprint density at radius 1 is 0.630 bits per heavy atom. The first-order valence-corrected chi connectivity index (χ1v) is 11.4. The van der Waals surface area contributed by atoms with E-state index in [1.165, 1.54) is 82.6 Å². The van der Waals surface area contributed by atoms with Gasteiger partial charge in [0.25, 0.3) is 0 Å². The van der Waals surface area contributed by atoms with E-state index >= 15 is 0 Å². The quantitative estimate of drug-likeness (QED) is 0.254. The zero-order chi connectivity index (χ0) is 19.2. The van der Waals surface area contributed by atoms with E-state index in [2.05, 4.69) is 67.2 Å². The number of aryl methyl sites for hydroxylation is 4. The molecule has 0 amide bonds. The minimum atomic E-state index is 1.12. The number of aromatic nitrogens is 1. The number of rotatable bonds is 14. The molecule has 0 aliphatic heterocycles. The number of benzene rings is 1. The molecule has 2 rings (SSSR count). The zero-order valence-corrected chi connectivity index (χ0v) is 17.8. The average molecular weight is 367 g/mol. The molecule has 0 unspecified atom stereocenters. The van der Waals surface area contributed by atoms with E-state index in [-0.39, 0.29) is 0 Å². The van der Waals surface area contributed by atoms with Crippen LogP contribution < -0.4 is 4.57 Å². The smallest absolute Gasteiger partial charge is 0.172 e. The molecule has 0 spiro atoms. The third-order valence-corrected chi connectivity index (χ3v) is 5.53. The predicted octanol–water partition coefficient (Wildman–Crippen LogP) is 6.85. The Balaban J connectivity index is 1.91. The molecule has 1 heteroatoms. The first-order chi connectivity index (χ1) is 13.3. The van der Waals surface area contributed by atoms with Gasteiger partial charge < -0.3 is 0 Å². The Hall–Kier alpha value is -1.63. The number of nitrogens with zero attached hydrogens (tertiary/aromatic N) is 1. The van der Waals surface area contributed by atoms with Crippen molar-refractivity contribution in [1.29, 1.82) is 0 Å². The fraction of sp³-hybridized carbons (Fsp3) is 0.577. The Labute approximate surface area is 167 Å². The van der Waals surface area contributed by atoms with Gasteiger partial charge in [-0.25, -0.2) is 4.57 Å². The Bertz CT molecular complexity index is 617. The molecule has 0 saturated heterocycles. The van der Waals surface area contributed by atoms with Crippen LogP contribution in [0.4, 0.5) is 0 Å². The summed E-state index contributed by atoms with van der Waals surface area (Å²) in [6, 6.07) is 13.3. The van der Waals surface area contributed by atoms with Gasteiger partial charge in [-0.2, -0.15) is 0 Å². The highest BCUT2D eigenvalue weighted by atomic mass is 14.9. The van der Waals surface area contributed by atoms with Crippen LogP contribution in [0.3, 0.4) is 0 Å². The van der Waals surface area contributed by atoms with Crippen LogP contribution in [-0.4, -0.2) is 0 Å². The monoisotopic (exact) mass is 366 g/mol. The van der Waals surface area contributed by atoms with E-state index in [1.54, 1.807) is 11.1 Å². The molecule has 0 bridgehead atoms. The van der Waals surface area contributed by atoms with Gasteiger partial charge in [-0.15, -0.1) is 0 Å². The van der Waals surface area contributed by atoms with Crippen molar-refractivity contribution in [2.24, 2.45) is 0 Å². The summed E-state index contributed by atoms with van der Waals surface area (Å²) in [5, 5.41) is 0. The molecule has 0 aliphatic rings. The standard InChI is InChI=1S/C26H40N/c1-3-5-7-12-18-25-20-22-27(23-26(25)19-13-8-6-4-2)21-14-17-24-15-10-9-11-16-24/h9-11,15-16,20,22-23H,3-8,12-14,17-19,21H2,1-2H3/q+1. The van der Waals surface area contributed by atoms with Crippen molar-refractivity contribution < 1.29 is 4.57 Å². The highest BCUT2D eigenvalue weighted by molar-refractivity contribution is 5.21. The van der Waals surface area contributed by atoms with Crippen LogP contribution in [0.25, 0.3) is 0 Å². The van der Waals surface area contributed by atoms with Gasteiger partial charge in [-0.05, 0) is 43.2 Å². The Morgan fingerprint density at radius 3 is 1.96 bits per heavy atom. The van der Waals surface area contributed by atoms with Gasteiger partial charge in [0.2, 0.25) is 0 Å². The fourth-order valence-electron chi connectivity index (χ4n) is 3.82. The van der Waals surface area contributed by atoms with Crippen LogP contribution in [0, 0.1) is 0 Å². The van der Waals surface area contributed by atoms with Crippen molar-refractivity contribution in [3.05, 3.63) is 65.5 Å². The molecule has 148 valence electrons. The first kappa shape index (κ1) is 21.7. The molecule has 1 nitrogen and oxygen atoms in total. The second-order valence-corrected chi connectivity index (χ2v) is 7.94. The second kappa shape index (κ2) is 13.5. The van der Waals surface area contributed by atoms with Crippen molar-refractivity contribution >= 4 is 0 Å². The summed E-state index contributed by atoms with van der Waals surface area (Å²) in [4.78, 5) is 0. The average Bonchev–Trinajstić information content (AvgIpc) is 2.70. The van der Waals surface area contributed by atoms with Crippen molar-refractivity contribution in [1.82, 2.24) is 0 Å². The molecular weight excluding hydrogens is 326 g/mol. The summed E-state index contributed by atoms with van der Waals surface area (Å²) in [5.74, 6) is 0. The summed E-state index contributed by atoms with van der Waals surface area (Å²) in [5.41, 5.74) is 4.65. The topological polar surface area (TPSA) is 3.88 Å². The lowest BCUT2D eigenvalue weighted by Gasteiger charge is -2.09. The highest BCUT2D eigenvalue weighted by Crippen LogP contribution is 2.15. The van der Waals surface area contributed by atoms with Crippen LogP contribution >= 0.6 is 0 Å². The van der Waals surface area contributed by atoms with Crippen LogP contribution in [-0.2, 0) is 25.8 Å². The van der Waals surface area contributed by atoms with E-state index in [9.17, 15) is 0 Å². The summed E-state index contributed by atoms with van der Waals surface area (Å²) >= 11 is 0. The number of pyridine rings is 1. The number of hydrogen-bond acceptors (Lipinski definition) is 0. The minimum Gasteiger partial charge on any atom is -0.205 e. The maximum Gasteiger partial charge on any atom is 0.172 e. The first-order valence-electron chi connectivity index (χ1n) is 11.4. The van der Waals surface area contributed by atoms with Gasteiger partial charge >= 0.3 is 0 Å². The van der Waals surface area contributed by atoms with Gasteiger partial charge in [-0.1, -0.05) is 82.7 Å². The third-order valence-electron chi connectivity index (χ3n) is 5.53. The minimum absolute atomic E-state index is 1.12. The summed E-state index contributed by atoms with van der Waals surface area (Å²) in [6.07, 6.45) is 20.5. The highest BCUT2D eigenvalue weighted by Gasteiger charge is 2.10. The van der Waals surface area contributed by atoms with E-state index in [0.29, 0.717) is 0 Å². The number of hydrogen-bond donors (Lipinski definition) is 0. The normalized spacial score (nSPS) is 11.0. The maximum atomic E-state index is 2.45. The van der Waals surface area contributed by atoms with Crippen molar-refractivity contribution in [2.75, 3.05) is 0 Å². The largest absolute Gasteiger partial charge is 0.205 e. The van der Waals surface area contributed by atoms with Crippen molar-refractivity contribution in [2.45, 2.75) is 97.4 Å². The van der Waals surface area contributed by atoms with Crippen LogP contribution in [0.1, 0.15) is 88.3 Å². The van der Waals surface area contributed by atoms with Gasteiger partial charge in [0.05, 0.1) is 0 Å². The fourth-order valence-corrected chi connectivity index (χ4v) is 3.82. The van der Waals surface area contributed by atoms with Crippen LogP contribution in [0.15, 0.2) is 48.8 Å². The molecule has 0 radical (unpaired) electrons. The lowest BCUT2D eigenvalue weighted by atomic mass is 9.98. The molecule has 1 heterocycles. The molecule has 1 aromatic heterocycles. The van der Waals surface area contributed by atoms with Crippen molar-refractivity contribution in [3.8, 4) is 0 Å². The summed E-state index contributed by atoms with van der Waals surface area (Å²) in [7, 11) is 0. The Kier molecular flexibility index (Phi) is 10.9. The molecule has 0 aliphatic carbocycles. The molecule has 0 atom stereocenters. The molecule has 1 aromatic carbocycles. The second-order valence-electron chi connectivity index (χ2n) is 7.94. The zero-order valence-electron chi connectivity index (χ0n) is 17.8. The summed E-state index contributed by atoms with van der Waals surface area (Å²) in [6.45, 7) is 5.70. The maximum absolute atomic E-state index is 2.45. The predicted molar refractivity (Wildman–Crippen MR) is 117 cm³/mol. The molecule has 2 aromatic rings. The number of unbranched alkanes of at least 4 members (excludes halogenated alkanes) is 6. The molecule has 0 N–H and O–H groups in total. The summed E-state index contributed by atoms with van der Waals surface area (Å²) < 4.78 is 2.42. The Morgan fingerprint density at radius 2 is 1.30 bits per heavy atom. The molecule has 0 saturated carbocycles.